The van der Waals surface area contributed by atoms with Crippen molar-refractivity contribution in [3.8, 4) is 0 Å². The molecular formula is C29H33N5O. The Labute approximate surface area is 206 Å². The molecular weight excluding hydrogens is 434 g/mol. The number of nitrogens with zero attached hydrogens (tertiary/aromatic N) is 3. The van der Waals surface area contributed by atoms with Crippen molar-refractivity contribution in [3.63, 3.8) is 0 Å². The molecule has 35 heavy (non-hydrogen) atoms. The largest absolute Gasteiger partial charge is 0.382 e. The molecule has 0 aliphatic heterocycles. The SMILES string of the molecule is CCCCc1nc2c(N)nc3ccccc3c2n1CCCCC1(C(N)=O)CC=Cc2ccccc21. The van der Waals surface area contributed by atoms with E-state index in [2.05, 4.69) is 46.8 Å². The van der Waals surface area contributed by atoms with E-state index in [1.807, 2.05) is 30.3 Å². The number of amides is 1. The summed E-state index contributed by atoms with van der Waals surface area (Å²) < 4.78 is 2.33. The number of unbranched alkanes of at least 4 members (excludes halogenated alkanes) is 2. The van der Waals surface area contributed by atoms with E-state index in [1.54, 1.807) is 0 Å². The molecule has 1 unspecified atom stereocenters. The number of rotatable bonds is 9. The summed E-state index contributed by atoms with van der Waals surface area (Å²) in [6.45, 7) is 3.01. The van der Waals surface area contributed by atoms with E-state index in [-0.39, 0.29) is 5.91 Å². The van der Waals surface area contributed by atoms with E-state index in [0.717, 1.165) is 84.0 Å². The molecule has 2 aromatic carbocycles. The van der Waals surface area contributed by atoms with Crippen molar-refractivity contribution in [3.05, 3.63) is 71.6 Å². The van der Waals surface area contributed by atoms with Crippen molar-refractivity contribution in [1.82, 2.24) is 14.5 Å². The van der Waals surface area contributed by atoms with E-state index >= 15 is 0 Å². The van der Waals surface area contributed by atoms with E-state index in [9.17, 15) is 4.79 Å². The van der Waals surface area contributed by atoms with Gasteiger partial charge in [0.15, 0.2) is 5.82 Å². The first-order valence-corrected chi connectivity index (χ1v) is 12.6. The molecule has 0 bridgehead atoms. The zero-order chi connectivity index (χ0) is 24.4. The van der Waals surface area contributed by atoms with Gasteiger partial charge < -0.3 is 16.0 Å². The number of hydrogen-bond acceptors (Lipinski definition) is 4. The number of nitrogens with two attached hydrogens (primary N) is 2. The number of carbonyl (C=O) groups excluding carboxylic acids is 1. The molecule has 0 saturated heterocycles. The van der Waals surface area contributed by atoms with Gasteiger partial charge in [0.1, 0.15) is 11.3 Å². The second-order valence-electron chi connectivity index (χ2n) is 9.59. The van der Waals surface area contributed by atoms with Crippen LogP contribution in [0.25, 0.3) is 28.0 Å². The lowest BCUT2D eigenvalue weighted by Gasteiger charge is -2.34. The first kappa shape index (κ1) is 23.1. The van der Waals surface area contributed by atoms with Gasteiger partial charge in [-0.3, -0.25) is 4.79 Å². The molecule has 2 aromatic heterocycles. The zero-order valence-electron chi connectivity index (χ0n) is 20.3. The van der Waals surface area contributed by atoms with Crippen molar-refractivity contribution in [1.29, 1.82) is 0 Å². The van der Waals surface area contributed by atoms with E-state index in [0.29, 0.717) is 12.2 Å². The van der Waals surface area contributed by atoms with Gasteiger partial charge in [0.05, 0.1) is 16.4 Å². The molecule has 0 radical (unpaired) electrons. The van der Waals surface area contributed by atoms with Gasteiger partial charge in [-0.05, 0) is 42.9 Å². The highest BCUT2D eigenvalue weighted by atomic mass is 16.1. The smallest absolute Gasteiger partial charge is 0.228 e. The van der Waals surface area contributed by atoms with Crippen LogP contribution < -0.4 is 11.5 Å². The standard InChI is InChI=1S/C29H33N5O/c1-2-3-16-24-33-25-26(21-13-5-7-15-23(21)32-27(25)30)34(24)19-9-8-17-29(28(31)35)18-10-12-20-11-4-6-14-22(20)29/h4-7,10-15H,2-3,8-9,16-19H2,1H3,(H2,30,32)(H2,31,35). The lowest BCUT2D eigenvalue weighted by atomic mass is 9.69. The number of pyridine rings is 1. The summed E-state index contributed by atoms with van der Waals surface area (Å²) in [5.41, 5.74) is 16.6. The summed E-state index contributed by atoms with van der Waals surface area (Å²) in [4.78, 5) is 22.3. The van der Waals surface area contributed by atoms with Crippen molar-refractivity contribution in [2.24, 2.45) is 5.73 Å². The van der Waals surface area contributed by atoms with Crippen LogP contribution in [0, 0.1) is 0 Å². The number of aryl methyl sites for hydroxylation is 2. The number of imidazole rings is 1. The topological polar surface area (TPSA) is 99.8 Å². The molecule has 6 heteroatoms. The molecule has 5 rings (SSSR count). The monoisotopic (exact) mass is 467 g/mol. The summed E-state index contributed by atoms with van der Waals surface area (Å²) in [6, 6.07) is 16.2. The average molecular weight is 468 g/mol. The van der Waals surface area contributed by atoms with Crippen LogP contribution >= 0.6 is 0 Å². The Balaban J connectivity index is 1.44. The van der Waals surface area contributed by atoms with Crippen LogP contribution in [0.2, 0.25) is 0 Å². The van der Waals surface area contributed by atoms with Crippen molar-refractivity contribution < 1.29 is 4.79 Å². The van der Waals surface area contributed by atoms with Gasteiger partial charge in [-0.15, -0.1) is 0 Å². The third-order valence-corrected chi connectivity index (χ3v) is 7.39. The summed E-state index contributed by atoms with van der Waals surface area (Å²) in [5, 5.41) is 1.08. The number of para-hydroxylation sites is 1. The van der Waals surface area contributed by atoms with Crippen LogP contribution in [0.4, 0.5) is 5.82 Å². The minimum absolute atomic E-state index is 0.240. The minimum Gasteiger partial charge on any atom is -0.382 e. The van der Waals surface area contributed by atoms with E-state index in [1.165, 1.54) is 0 Å². The van der Waals surface area contributed by atoms with Gasteiger partial charge in [0.25, 0.3) is 0 Å². The predicted molar refractivity (Wildman–Crippen MR) is 143 cm³/mol. The van der Waals surface area contributed by atoms with Gasteiger partial charge in [0, 0.05) is 18.4 Å². The van der Waals surface area contributed by atoms with Crippen LogP contribution in [0.5, 0.6) is 0 Å². The van der Waals surface area contributed by atoms with Crippen LogP contribution in [0.3, 0.4) is 0 Å². The van der Waals surface area contributed by atoms with Crippen molar-refractivity contribution >= 4 is 39.7 Å². The molecule has 6 nitrogen and oxygen atoms in total. The number of nitrogen functional groups attached to an aromatic ring is 1. The lowest BCUT2D eigenvalue weighted by molar-refractivity contribution is -0.123. The normalized spacial score (nSPS) is 17.2. The Kier molecular flexibility index (Phi) is 6.29. The molecule has 4 N–H and O–H groups in total. The average Bonchev–Trinajstić information content (AvgIpc) is 3.24. The third kappa shape index (κ3) is 4.07. The molecule has 0 spiro atoms. The quantitative estimate of drug-likeness (QED) is 0.317. The Hall–Kier alpha value is -3.67. The third-order valence-electron chi connectivity index (χ3n) is 7.39. The minimum atomic E-state index is -0.644. The van der Waals surface area contributed by atoms with Gasteiger partial charge >= 0.3 is 0 Å². The molecule has 1 atom stereocenters. The number of benzene rings is 2. The van der Waals surface area contributed by atoms with Gasteiger partial charge in [-0.25, -0.2) is 9.97 Å². The lowest BCUT2D eigenvalue weighted by Crippen LogP contribution is -2.42. The number of carbonyl (C=O) groups is 1. The molecule has 4 aromatic rings. The maximum atomic E-state index is 12.7. The molecule has 1 aliphatic rings. The Morgan fingerprint density at radius 1 is 1.06 bits per heavy atom. The van der Waals surface area contributed by atoms with Gasteiger partial charge in [-0.1, -0.05) is 74.4 Å². The van der Waals surface area contributed by atoms with Crippen LogP contribution in [-0.2, 0) is 23.2 Å². The summed E-state index contributed by atoms with van der Waals surface area (Å²) in [7, 11) is 0. The predicted octanol–water partition coefficient (Wildman–Crippen LogP) is 5.52. The maximum Gasteiger partial charge on any atom is 0.228 e. The number of allylic oxidation sites excluding steroid dienone is 1. The van der Waals surface area contributed by atoms with Crippen molar-refractivity contribution in [2.75, 3.05) is 5.73 Å². The van der Waals surface area contributed by atoms with Crippen molar-refractivity contribution in [2.45, 2.75) is 63.8 Å². The summed E-state index contributed by atoms with van der Waals surface area (Å²) in [6.07, 6.45) is 10.4. The second-order valence-corrected chi connectivity index (χ2v) is 9.59. The fourth-order valence-corrected chi connectivity index (χ4v) is 5.54. The number of aromatic nitrogens is 3. The number of fused-ring (bicyclic) bond motifs is 4. The first-order valence-electron chi connectivity index (χ1n) is 12.6. The Bertz CT molecular complexity index is 1420. The van der Waals surface area contributed by atoms with Crippen LogP contribution in [-0.4, -0.2) is 20.4 Å². The number of hydrogen-bond donors (Lipinski definition) is 2. The van der Waals surface area contributed by atoms with Gasteiger partial charge in [0.2, 0.25) is 5.91 Å². The fraction of sp³-hybridized carbons (Fsp3) is 0.345. The van der Waals surface area contributed by atoms with E-state index in [4.69, 9.17) is 16.5 Å². The first-order chi connectivity index (χ1) is 17.0. The number of anilines is 1. The highest BCUT2D eigenvalue weighted by molar-refractivity contribution is 6.06. The molecule has 1 amide bonds. The highest BCUT2D eigenvalue weighted by Gasteiger charge is 2.39. The second kappa shape index (κ2) is 9.53. The summed E-state index contributed by atoms with van der Waals surface area (Å²) >= 11 is 0. The van der Waals surface area contributed by atoms with E-state index < -0.39 is 5.41 Å². The zero-order valence-corrected chi connectivity index (χ0v) is 20.3. The van der Waals surface area contributed by atoms with Crippen LogP contribution in [0.15, 0.2) is 54.6 Å². The molecule has 2 heterocycles. The molecule has 180 valence electrons. The highest BCUT2D eigenvalue weighted by Crippen LogP contribution is 2.40. The Morgan fingerprint density at radius 2 is 1.86 bits per heavy atom. The number of primary amides is 1. The van der Waals surface area contributed by atoms with Crippen LogP contribution in [0.1, 0.15) is 62.4 Å². The molecule has 0 fully saturated rings. The Morgan fingerprint density at radius 3 is 2.69 bits per heavy atom. The molecule has 0 saturated carbocycles. The van der Waals surface area contributed by atoms with Gasteiger partial charge in [-0.2, -0.15) is 0 Å². The molecule has 1 aliphatic carbocycles. The maximum absolute atomic E-state index is 12.7. The summed E-state index contributed by atoms with van der Waals surface area (Å²) in [5.74, 6) is 1.30. The fourth-order valence-electron chi connectivity index (χ4n) is 5.54.